The molecule has 0 N–H and O–H groups in total. The van der Waals surface area contributed by atoms with Crippen molar-refractivity contribution in [1.29, 1.82) is 0 Å². The van der Waals surface area contributed by atoms with Crippen LogP contribution in [0.4, 0.5) is 0 Å². The van der Waals surface area contributed by atoms with Gasteiger partial charge in [-0.15, -0.1) is 0 Å². The van der Waals surface area contributed by atoms with Gasteiger partial charge in [-0.25, -0.2) is 0 Å². The number of ketones is 1. The average Bonchev–Trinajstić information content (AvgIpc) is 1.85. The summed E-state index contributed by atoms with van der Waals surface area (Å²) in [6.07, 6.45) is 3.00. The third-order valence-corrected chi connectivity index (χ3v) is 0.913. The standard InChI is InChI=1S/C7H10N2O/c1-6(2)3-4-7(10)5-9-8/h3,5H,4H2,1-2H3. The second-order valence-electron chi connectivity index (χ2n) is 2.20. The van der Waals surface area contributed by atoms with Crippen molar-refractivity contribution in [2.24, 2.45) is 0 Å². The van der Waals surface area contributed by atoms with Gasteiger partial charge in [-0.05, 0) is 13.8 Å². The van der Waals surface area contributed by atoms with Gasteiger partial charge in [-0.1, -0.05) is 11.6 Å². The third-order valence-electron chi connectivity index (χ3n) is 0.913. The van der Waals surface area contributed by atoms with Crippen LogP contribution in [-0.2, 0) is 4.79 Å². The molecule has 0 unspecified atom stereocenters. The quantitative estimate of drug-likeness (QED) is 0.250. The Morgan fingerprint density at radius 1 is 1.60 bits per heavy atom. The highest BCUT2D eigenvalue weighted by atomic mass is 16.1. The van der Waals surface area contributed by atoms with Crippen molar-refractivity contribution in [2.75, 3.05) is 0 Å². The maximum Gasteiger partial charge on any atom is 0.323 e. The Kier molecular flexibility index (Phi) is 4.09. The molecule has 0 saturated heterocycles. The van der Waals surface area contributed by atoms with Crippen LogP contribution in [-0.4, -0.2) is 16.8 Å². The topological polar surface area (TPSA) is 53.5 Å². The van der Waals surface area contributed by atoms with Gasteiger partial charge in [0.2, 0.25) is 5.78 Å². The summed E-state index contributed by atoms with van der Waals surface area (Å²) >= 11 is 0. The molecule has 0 aromatic rings. The number of hydrogen-bond acceptors (Lipinski definition) is 1. The molecule has 0 aliphatic heterocycles. The van der Waals surface area contributed by atoms with Crippen molar-refractivity contribution in [3.8, 4) is 0 Å². The van der Waals surface area contributed by atoms with Crippen LogP contribution in [0.5, 0.6) is 0 Å². The van der Waals surface area contributed by atoms with E-state index in [0.717, 1.165) is 11.8 Å². The largest absolute Gasteiger partial charge is 0.361 e. The molecule has 54 valence electrons. The van der Waals surface area contributed by atoms with Crippen molar-refractivity contribution in [3.63, 3.8) is 0 Å². The van der Waals surface area contributed by atoms with Crippen LogP contribution in [0.25, 0.3) is 5.53 Å². The van der Waals surface area contributed by atoms with E-state index in [0.29, 0.717) is 6.42 Å². The molecule has 0 aliphatic carbocycles. The van der Waals surface area contributed by atoms with Crippen molar-refractivity contribution in [3.05, 3.63) is 17.2 Å². The molecule has 0 saturated carbocycles. The summed E-state index contributed by atoms with van der Waals surface area (Å²) in [4.78, 5) is 13.2. The number of allylic oxidation sites excluding steroid dienone is 2. The van der Waals surface area contributed by atoms with Crippen LogP contribution in [0.3, 0.4) is 0 Å². The van der Waals surface area contributed by atoms with Crippen LogP contribution in [0.1, 0.15) is 20.3 Å². The molecule has 0 aromatic carbocycles. The Bertz CT molecular complexity index is 196. The van der Waals surface area contributed by atoms with E-state index in [1.54, 1.807) is 6.08 Å². The predicted octanol–water partition coefficient (Wildman–Crippen LogP) is 1.21. The van der Waals surface area contributed by atoms with Gasteiger partial charge in [-0.3, -0.25) is 4.79 Å². The lowest BCUT2D eigenvalue weighted by atomic mass is 10.2. The van der Waals surface area contributed by atoms with Crippen LogP contribution < -0.4 is 0 Å². The number of Topliss-reactive ketones (excluding diaryl/α,β-unsaturated/α-hetero) is 1. The molecule has 0 heterocycles. The average molecular weight is 138 g/mol. The Morgan fingerprint density at radius 2 is 2.20 bits per heavy atom. The predicted molar refractivity (Wildman–Crippen MR) is 38.7 cm³/mol. The zero-order chi connectivity index (χ0) is 7.98. The summed E-state index contributed by atoms with van der Waals surface area (Å²) in [5.74, 6) is -0.191. The molecule has 0 fully saturated rings. The minimum Gasteiger partial charge on any atom is -0.361 e. The molecule has 0 rings (SSSR count). The smallest absolute Gasteiger partial charge is 0.323 e. The summed E-state index contributed by atoms with van der Waals surface area (Å²) in [5.41, 5.74) is 9.01. The monoisotopic (exact) mass is 138 g/mol. The summed E-state index contributed by atoms with van der Waals surface area (Å²) in [5, 5.41) is 0. The normalized spacial score (nSPS) is 7.80. The first-order valence-electron chi connectivity index (χ1n) is 3.00. The number of hydrogen-bond donors (Lipinski definition) is 0. The number of rotatable bonds is 3. The molecule has 0 atom stereocenters. The van der Waals surface area contributed by atoms with Gasteiger partial charge in [0.05, 0.1) is 0 Å². The van der Waals surface area contributed by atoms with Crippen LogP contribution in [0.2, 0.25) is 0 Å². The summed E-state index contributed by atoms with van der Waals surface area (Å²) in [6, 6.07) is 0. The van der Waals surface area contributed by atoms with E-state index in [4.69, 9.17) is 5.53 Å². The van der Waals surface area contributed by atoms with E-state index >= 15 is 0 Å². The molecule has 3 heteroatoms. The maximum atomic E-state index is 10.6. The zero-order valence-electron chi connectivity index (χ0n) is 6.16. The molecule has 0 radical (unpaired) electrons. The van der Waals surface area contributed by atoms with Gasteiger partial charge in [0.1, 0.15) is 0 Å². The van der Waals surface area contributed by atoms with E-state index in [1.165, 1.54) is 0 Å². The van der Waals surface area contributed by atoms with Crippen LogP contribution in [0, 0.1) is 0 Å². The third kappa shape index (κ3) is 4.94. The van der Waals surface area contributed by atoms with Gasteiger partial charge >= 0.3 is 6.21 Å². The molecule has 3 nitrogen and oxygen atoms in total. The number of carbonyl (C=O) groups is 1. The molecule has 0 spiro atoms. The first kappa shape index (κ1) is 8.79. The summed E-state index contributed by atoms with van der Waals surface area (Å²) in [7, 11) is 0. The lowest BCUT2D eigenvalue weighted by Crippen LogP contribution is -1.96. The Morgan fingerprint density at radius 3 is 2.60 bits per heavy atom. The van der Waals surface area contributed by atoms with Gasteiger partial charge in [0.15, 0.2) is 0 Å². The van der Waals surface area contributed by atoms with Gasteiger partial charge in [0.25, 0.3) is 0 Å². The Balaban J connectivity index is 3.82. The minimum atomic E-state index is -0.191. The second-order valence-corrected chi connectivity index (χ2v) is 2.20. The lowest BCUT2D eigenvalue weighted by Gasteiger charge is -1.83. The maximum absolute atomic E-state index is 10.6. The molecular formula is C7H10N2O. The summed E-state index contributed by atoms with van der Waals surface area (Å²) in [6.45, 7) is 3.81. The van der Waals surface area contributed by atoms with E-state index in [1.807, 2.05) is 13.8 Å². The van der Waals surface area contributed by atoms with Crippen LogP contribution >= 0.6 is 0 Å². The molecule has 0 aromatic heterocycles. The summed E-state index contributed by atoms with van der Waals surface area (Å²) < 4.78 is 0. The van der Waals surface area contributed by atoms with Crippen molar-refractivity contribution >= 4 is 12.0 Å². The zero-order valence-corrected chi connectivity index (χ0v) is 6.16. The highest BCUT2D eigenvalue weighted by molar-refractivity contribution is 6.25. The van der Waals surface area contributed by atoms with Crippen molar-refractivity contribution < 1.29 is 9.58 Å². The highest BCUT2D eigenvalue weighted by Gasteiger charge is 1.97. The van der Waals surface area contributed by atoms with E-state index < -0.39 is 0 Å². The molecule has 0 bridgehead atoms. The van der Waals surface area contributed by atoms with E-state index in [9.17, 15) is 4.79 Å². The molecule has 0 amide bonds. The van der Waals surface area contributed by atoms with Crippen molar-refractivity contribution in [2.45, 2.75) is 20.3 Å². The number of nitrogens with zero attached hydrogens (tertiary/aromatic N) is 2. The fourth-order valence-electron chi connectivity index (χ4n) is 0.422. The van der Waals surface area contributed by atoms with Crippen molar-refractivity contribution in [1.82, 2.24) is 0 Å². The van der Waals surface area contributed by atoms with Crippen LogP contribution in [0.15, 0.2) is 11.6 Å². The fraction of sp³-hybridized carbons (Fsp3) is 0.429. The molecule has 0 aliphatic rings. The van der Waals surface area contributed by atoms with E-state index in [2.05, 4.69) is 4.79 Å². The van der Waals surface area contributed by atoms with Gasteiger partial charge < -0.3 is 5.53 Å². The SMILES string of the molecule is CC(C)=CCC(=O)C=[N+]=[N-]. The first-order valence-corrected chi connectivity index (χ1v) is 3.00. The van der Waals surface area contributed by atoms with Gasteiger partial charge in [-0.2, -0.15) is 4.79 Å². The number of carbonyl (C=O) groups excluding carboxylic acids is 1. The van der Waals surface area contributed by atoms with E-state index in [-0.39, 0.29) is 5.78 Å². The Labute approximate surface area is 60.0 Å². The fourth-order valence-corrected chi connectivity index (χ4v) is 0.422. The molecule has 10 heavy (non-hydrogen) atoms. The highest BCUT2D eigenvalue weighted by Crippen LogP contribution is 1.91. The second kappa shape index (κ2) is 4.65. The van der Waals surface area contributed by atoms with Gasteiger partial charge in [0, 0.05) is 6.42 Å². The minimum absolute atomic E-state index is 0.191. The Hall–Kier alpha value is -1.21. The lowest BCUT2D eigenvalue weighted by molar-refractivity contribution is -0.115. The first-order chi connectivity index (χ1) is 4.66. The molecular weight excluding hydrogens is 128 g/mol.